The average Bonchev–Trinajstić information content (AvgIpc) is 2.41. The Balaban J connectivity index is 2.19. The lowest BCUT2D eigenvalue weighted by Crippen LogP contribution is -2.23. The van der Waals surface area contributed by atoms with Gasteiger partial charge in [0.05, 0.1) is 4.90 Å². The van der Waals surface area contributed by atoms with E-state index in [4.69, 9.17) is 11.6 Å². The van der Waals surface area contributed by atoms with Gasteiger partial charge in [-0.2, -0.15) is 0 Å². The average molecular weight is 314 g/mol. The van der Waals surface area contributed by atoms with Gasteiger partial charge in [-0.15, -0.1) is 0 Å². The zero-order chi connectivity index (χ0) is 14.8. The lowest BCUT2D eigenvalue weighted by atomic mass is 10.2. The second-order valence-corrected chi connectivity index (χ2v) is 6.50. The molecule has 0 saturated carbocycles. The molecule has 20 heavy (non-hydrogen) atoms. The maximum absolute atomic E-state index is 13.2. The summed E-state index contributed by atoms with van der Waals surface area (Å²) in [4.78, 5) is 0.0310. The second kappa shape index (κ2) is 5.91. The molecule has 0 heterocycles. The quantitative estimate of drug-likeness (QED) is 0.941. The number of nitrogens with one attached hydrogen (secondary N) is 1. The number of aryl methyl sites for hydroxylation is 1. The summed E-state index contributed by atoms with van der Waals surface area (Å²) < 4.78 is 39.8. The van der Waals surface area contributed by atoms with E-state index in [1.54, 1.807) is 24.3 Å². The molecule has 6 heteroatoms. The number of hydrogen-bond donors (Lipinski definition) is 1. The Bertz CT molecular complexity index is 732. The van der Waals surface area contributed by atoms with E-state index in [0.29, 0.717) is 10.6 Å². The minimum atomic E-state index is -3.69. The zero-order valence-electron chi connectivity index (χ0n) is 10.7. The monoisotopic (exact) mass is 313 g/mol. The summed E-state index contributed by atoms with van der Waals surface area (Å²) in [6.07, 6.45) is 0. The molecule has 0 aliphatic carbocycles. The van der Waals surface area contributed by atoms with Crippen molar-refractivity contribution in [3.05, 3.63) is 64.4 Å². The third-order valence-corrected chi connectivity index (χ3v) is 4.62. The van der Waals surface area contributed by atoms with Crippen LogP contribution < -0.4 is 4.72 Å². The molecule has 0 aliphatic heterocycles. The van der Waals surface area contributed by atoms with Crippen LogP contribution >= 0.6 is 11.6 Å². The predicted molar refractivity (Wildman–Crippen MR) is 76.6 cm³/mol. The molecule has 0 unspecified atom stereocenters. The van der Waals surface area contributed by atoms with Crippen molar-refractivity contribution >= 4 is 21.6 Å². The molecule has 2 aromatic rings. The van der Waals surface area contributed by atoms with Gasteiger partial charge in [0.25, 0.3) is 0 Å². The van der Waals surface area contributed by atoms with Crippen molar-refractivity contribution < 1.29 is 12.8 Å². The van der Waals surface area contributed by atoms with Crippen molar-refractivity contribution in [1.82, 2.24) is 4.72 Å². The van der Waals surface area contributed by atoms with Crippen molar-refractivity contribution in [3.63, 3.8) is 0 Å². The molecule has 0 atom stereocenters. The Kier molecular flexibility index (Phi) is 4.42. The van der Waals surface area contributed by atoms with E-state index in [9.17, 15) is 12.8 Å². The summed E-state index contributed by atoms with van der Waals surface area (Å²) in [5.74, 6) is -0.435. The van der Waals surface area contributed by atoms with Crippen LogP contribution in [0.15, 0.2) is 47.4 Å². The van der Waals surface area contributed by atoms with Crippen molar-refractivity contribution in [2.24, 2.45) is 0 Å². The molecule has 2 aromatic carbocycles. The molecular weight excluding hydrogens is 301 g/mol. The van der Waals surface area contributed by atoms with Crippen LogP contribution in [-0.2, 0) is 16.6 Å². The molecule has 106 valence electrons. The first kappa shape index (κ1) is 15.0. The highest BCUT2D eigenvalue weighted by Gasteiger charge is 2.15. The maximum atomic E-state index is 13.2. The lowest BCUT2D eigenvalue weighted by molar-refractivity contribution is 0.579. The Morgan fingerprint density at radius 3 is 2.55 bits per heavy atom. The van der Waals surface area contributed by atoms with Gasteiger partial charge in [0, 0.05) is 11.6 Å². The molecule has 3 nitrogen and oxygen atoms in total. The molecule has 0 amide bonds. The normalized spacial score (nSPS) is 11.6. The molecule has 0 aliphatic rings. The molecular formula is C14H13ClFNO2S. The van der Waals surface area contributed by atoms with E-state index in [-0.39, 0.29) is 17.0 Å². The number of sulfonamides is 1. The van der Waals surface area contributed by atoms with E-state index in [2.05, 4.69) is 4.72 Å². The van der Waals surface area contributed by atoms with Gasteiger partial charge in [0.15, 0.2) is 0 Å². The van der Waals surface area contributed by atoms with E-state index in [1.807, 2.05) is 0 Å². The van der Waals surface area contributed by atoms with Crippen LogP contribution in [0.4, 0.5) is 4.39 Å². The van der Waals surface area contributed by atoms with Gasteiger partial charge in [0.2, 0.25) is 10.0 Å². The third kappa shape index (κ3) is 3.36. The molecule has 0 radical (unpaired) electrons. The summed E-state index contributed by atoms with van der Waals surface area (Å²) in [7, 11) is -3.69. The van der Waals surface area contributed by atoms with Crippen molar-refractivity contribution in [2.75, 3.05) is 0 Å². The van der Waals surface area contributed by atoms with Crippen LogP contribution in [0.25, 0.3) is 0 Å². The Morgan fingerprint density at radius 1 is 1.20 bits per heavy atom. The van der Waals surface area contributed by atoms with E-state index in [0.717, 1.165) is 6.07 Å². The highest BCUT2D eigenvalue weighted by atomic mass is 35.5. The fourth-order valence-corrected chi connectivity index (χ4v) is 2.98. The molecule has 0 fully saturated rings. The first-order valence-electron chi connectivity index (χ1n) is 5.89. The van der Waals surface area contributed by atoms with Crippen LogP contribution in [-0.4, -0.2) is 8.42 Å². The van der Waals surface area contributed by atoms with Gasteiger partial charge in [0.1, 0.15) is 5.82 Å². The maximum Gasteiger partial charge on any atom is 0.240 e. The van der Waals surface area contributed by atoms with Gasteiger partial charge in [-0.05, 0) is 42.3 Å². The van der Waals surface area contributed by atoms with E-state index in [1.165, 1.54) is 19.1 Å². The van der Waals surface area contributed by atoms with Crippen LogP contribution in [0.3, 0.4) is 0 Å². The minimum Gasteiger partial charge on any atom is -0.207 e. The molecule has 0 saturated heterocycles. The fraction of sp³-hybridized carbons (Fsp3) is 0.143. The summed E-state index contributed by atoms with van der Waals surface area (Å²) >= 11 is 5.96. The first-order valence-corrected chi connectivity index (χ1v) is 7.75. The van der Waals surface area contributed by atoms with E-state index >= 15 is 0 Å². The Hall–Kier alpha value is -1.43. The molecule has 0 spiro atoms. The van der Waals surface area contributed by atoms with Crippen molar-refractivity contribution in [3.8, 4) is 0 Å². The highest BCUT2D eigenvalue weighted by Crippen LogP contribution is 2.17. The van der Waals surface area contributed by atoms with Gasteiger partial charge in [-0.1, -0.05) is 29.8 Å². The SMILES string of the molecule is Cc1cc(S(=O)(=O)NCc2ccccc2Cl)ccc1F. The minimum absolute atomic E-state index is 0.0310. The van der Waals surface area contributed by atoms with Crippen LogP contribution in [0.5, 0.6) is 0 Å². The lowest BCUT2D eigenvalue weighted by Gasteiger charge is -2.09. The fourth-order valence-electron chi connectivity index (χ4n) is 1.68. The summed E-state index contributed by atoms with van der Waals surface area (Å²) in [6, 6.07) is 10.6. The van der Waals surface area contributed by atoms with Crippen LogP contribution in [0, 0.1) is 12.7 Å². The number of rotatable bonds is 4. The summed E-state index contributed by atoms with van der Waals surface area (Å²) in [5.41, 5.74) is 0.960. The van der Waals surface area contributed by atoms with Crippen LogP contribution in [0.2, 0.25) is 5.02 Å². The largest absolute Gasteiger partial charge is 0.240 e. The van der Waals surface area contributed by atoms with Gasteiger partial charge < -0.3 is 0 Å². The van der Waals surface area contributed by atoms with E-state index < -0.39 is 15.8 Å². The molecule has 2 rings (SSSR count). The number of hydrogen-bond acceptors (Lipinski definition) is 2. The third-order valence-electron chi connectivity index (χ3n) is 2.85. The summed E-state index contributed by atoms with van der Waals surface area (Å²) in [6.45, 7) is 1.60. The summed E-state index contributed by atoms with van der Waals surface area (Å²) in [5, 5.41) is 0.491. The Morgan fingerprint density at radius 2 is 1.90 bits per heavy atom. The van der Waals surface area contributed by atoms with Gasteiger partial charge >= 0.3 is 0 Å². The van der Waals surface area contributed by atoms with Gasteiger partial charge in [-0.25, -0.2) is 17.5 Å². The Labute approximate surface area is 122 Å². The second-order valence-electron chi connectivity index (χ2n) is 4.33. The first-order chi connectivity index (χ1) is 9.40. The molecule has 0 aromatic heterocycles. The van der Waals surface area contributed by atoms with Gasteiger partial charge in [-0.3, -0.25) is 0 Å². The van der Waals surface area contributed by atoms with Crippen molar-refractivity contribution in [2.45, 2.75) is 18.4 Å². The number of benzene rings is 2. The number of halogens is 2. The van der Waals surface area contributed by atoms with Crippen LogP contribution in [0.1, 0.15) is 11.1 Å². The standard InChI is InChI=1S/C14H13ClFNO2S/c1-10-8-12(6-7-14(10)16)20(18,19)17-9-11-4-2-3-5-13(11)15/h2-8,17H,9H2,1H3. The van der Waals surface area contributed by atoms with Crippen molar-refractivity contribution in [1.29, 1.82) is 0 Å². The smallest absolute Gasteiger partial charge is 0.207 e. The highest BCUT2D eigenvalue weighted by molar-refractivity contribution is 7.89. The zero-order valence-corrected chi connectivity index (χ0v) is 12.3. The predicted octanol–water partition coefficient (Wildman–Crippen LogP) is 3.27. The molecule has 0 bridgehead atoms. The topological polar surface area (TPSA) is 46.2 Å². The molecule has 1 N–H and O–H groups in total.